The molecule has 1 saturated heterocycles. The molecule has 0 amide bonds. The van der Waals surface area contributed by atoms with Gasteiger partial charge in [0.25, 0.3) is 0 Å². The van der Waals surface area contributed by atoms with Crippen molar-refractivity contribution in [3.05, 3.63) is 12.2 Å². The summed E-state index contributed by atoms with van der Waals surface area (Å²) in [6.07, 6.45) is 1.17. The molecule has 1 heterocycles. The van der Waals surface area contributed by atoms with Crippen molar-refractivity contribution in [2.24, 2.45) is 5.41 Å². The summed E-state index contributed by atoms with van der Waals surface area (Å²) in [5.41, 5.74) is 1.62. The van der Waals surface area contributed by atoms with Crippen molar-refractivity contribution >= 4 is 0 Å². The van der Waals surface area contributed by atoms with Gasteiger partial charge in [-0.15, -0.1) is 0 Å². The first-order valence-electron chi connectivity index (χ1n) is 3.45. The maximum absolute atomic E-state index is 5.13. The van der Waals surface area contributed by atoms with Crippen molar-refractivity contribution in [3.63, 3.8) is 0 Å². The number of hydrogen-bond donors (Lipinski definition) is 0. The Bertz CT molecular complexity index is 117. The highest BCUT2D eigenvalue weighted by Crippen LogP contribution is 2.37. The Morgan fingerprint density at radius 3 is 2.22 bits per heavy atom. The third-order valence-corrected chi connectivity index (χ3v) is 2.34. The van der Waals surface area contributed by atoms with E-state index in [9.17, 15) is 0 Å². The van der Waals surface area contributed by atoms with Crippen LogP contribution in [0.4, 0.5) is 0 Å². The van der Waals surface area contributed by atoms with E-state index in [2.05, 4.69) is 20.4 Å². The van der Waals surface area contributed by atoms with Crippen LogP contribution in [0.15, 0.2) is 12.2 Å². The van der Waals surface area contributed by atoms with E-state index in [-0.39, 0.29) is 0 Å². The summed E-state index contributed by atoms with van der Waals surface area (Å²) in [4.78, 5) is 0. The summed E-state index contributed by atoms with van der Waals surface area (Å²) in [6.45, 7) is 10.00. The second kappa shape index (κ2) is 2.14. The molecule has 1 aliphatic rings. The van der Waals surface area contributed by atoms with Crippen molar-refractivity contribution in [2.75, 3.05) is 13.2 Å². The minimum atomic E-state index is 0.347. The van der Waals surface area contributed by atoms with Gasteiger partial charge in [0.15, 0.2) is 0 Å². The average Bonchev–Trinajstić information content (AvgIpc) is 1.62. The molecule has 0 spiro atoms. The lowest BCUT2D eigenvalue weighted by Gasteiger charge is -2.41. The van der Waals surface area contributed by atoms with Crippen LogP contribution in [-0.4, -0.2) is 13.2 Å². The molecule has 0 N–H and O–H groups in total. The van der Waals surface area contributed by atoms with Gasteiger partial charge in [-0.1, -0.05) is 19.1 Å². The monoisotopic (exact) mass is 126 g/mol. The fraction of sp³-hybridized carbons (Fsp3) is 0.750. The lowest BCUT2D eigenvalue weighted by atomic mass is 9.77. The van der Waals surface area contributed by atoms with Crippen molar-refractivity contribution in [3.8, 4) is 0 Å². The highest BCUT2D eigenvalue weighted by atomic mass is 16.5. The molecule has 0 aromatic heterocycles. The highest BCUT2D eigenvalue weighted by molar-refractivity contribution is 5.10. The minimum Gasteiger partial charge on any atom is -0.379 e. The molecular formula is C8H14O. The van der Waals surface area contributed by atoms with Crippen LogP contribution in [0.5, 0.6) is 0 Å². The Labute approximate surface area is 56.7 Å². The summed E-state index contributed by atoms with van der Waals surface area (Å²) < 4.78 is 5.13. The van der Waals surface area contributed by atoms with Crippen LogP contribution in [0.25, 0.3) is 0 Å². The van der Waals surface area contributed by atoms with E-state index >= 15 is 0 Å². The molecule has 9 heavy (non-hydrogen) atoms. The molecule has 1 heteroatoms. The van der Waals surface area contributed by atoms with Crippen LogP contribution in [0.3, 0.4) is 0 Å². The molecular weight excluding hydrogens is 112 g/mol. The molecule has 0 aliphatic carbocycles. The predicted octanol–water partition coefficient (Wildman–Crippen LogP) is 1.99. The van der Waals surface area contributed by atoms with E-state index < -0.39 is 0 Å². The third kappa shape index (κ3) is 0.897. The topological polar surface area (TPSA) is 9.23 Å². The van der Waals surface area contributed by atoms with Gasteiger partial charge in [0, 0.05) is 5.41 Å². The maximum Gasteiger partial charge on any atom is 0.0582 e. The number of rotatable bonds is 2. The maximum atomic E-state index is 5.13. The van der Waals surface area contributed by atoms with E-state index in [4.69, 9.17) is 4.74 Å². The van der Waals surface area contributed by atoms with Crippen LogP contribution in [0.1, 0.15) is 20.3 Å². The van der Waals surface area contributed by atoms with Crippen molar-refractivity contribution in [1.29, 1.82) is 0 Å². The average molecular weight is 126 g/mol. The first-order chi connectivity index (χ1) is 4.21. The predicted molar refractivity (Wildman–Crippen MR) is 38.4 cm³/mol. The molecule has 1 fully saturated rings. The van der Waals surface area contributed by atoms with Crippen LogP contribution in [-0.2, 0) is 4.74 Å². The fourth-order valence-electron chi connectivity index (χ4n) is 1.10. The molecule has 0 bridgehead atoms. The summed E-state index contributed by atoms with van der Waals surface area (Å²) >= 11 is 0. The second-order valence-corrected chi connectivity index (χ2v) is 2.91. The molecule has 1 rings (SSSR count). The Morgan fingerprint density at radius 2 is 2.22 bits per heavy atom. The quantitative estimate of drug-likeness (QED) is 0.514. The standard InChI is InChI=1S/C8H14O/c1-4-8(7(2)3)5-9-6-8/h2,4-6H2,1,3H3. The third-order valence-electron chi connectivity index (χ3n) is 2.34. The Morgan fingerprint density at radius 1 is 1.67 bits per heavy atom. The van der Waals surface area contributed by atoms with Crippen LogP contribution < -0.4 is 0 Å². The molecule has 0 atom stereocenters. The van der Waals surface area contributed by atoms with Crippen LogP contribution >= 0.6 is 0 Å². The van der Waals surface area contributed by atoms with Gasteiger partial charge in [-0.3, -0.25) is 0 Å². The molecule has 0 radical (unpaired) electrons. The SMILES string of the molecule is C=C(C)C1(CC)COC1. The summed E-state index contributed by atoms with van der Waals surface area (Å²) in [5, 5.41) is 0. The van der Waals surface area contributed by atoms with Gasteiger partial charge in [-0.05, 0) is 13.3 Å². The van der Waals surface area contributed by atoms with E-state index in [1.807, 2.05) is 0 Å². The molecule has 0 saturated carbocycles. The van der Waals surface area contributed by atoms with E-state index in [0.717, 1.165) is 13.2 Å². The van der Waals surface area contributed by atoms with Crippen molar-refractivity contribution in [2.45, 2.75) is 20.3 Å². The van der Waals surface area contributed by atoms with Gasteiger partial charge in [0.2, 0.25) is 0 Å². The summed E-state index contributed by atoms with van der Waals surface area (Å²) in [5.74, 6) is 0. The van der Waals surface area contributed by atoms with Gasteiger partial charge in [-0.2, -0.15) is 0 Å². The van der Waals surface area contributed by atoms with E-state index in [1.165, 1.54) is 12.0 Å². The van der Waals surface area contributed by atoms with Gasteiger partial charge in [0.05, 0.1) is 13.2 Å². The first kappa shape index (κ1) is 6.81. The fourth-order valence-corrected chi connectivity index (χ4v) is 1.10. The molecule has 1 nitrogen and oxygen atoms in total. The zero-order chi connectivity index (χ0) is 6.91. The molecule has 0 unspecified atom stereocenters. The van der Waals surface area contributed by atoms with Gasteiger partial charge < -0.3 is 4.74 Å². The van der Waals surface area contributed by atoms with Gasteiger partial charge >= 0.3 is 0 Å². The van der Waals surface area contributed by atoms with Crippen molar-refractivity contribution < 1.29 is 4.74 Å². The normalized spacial score (nSPS) is 22.9. The zero-order valence-electron chi connectivity index (χ0n) is 6.24. The molecule has 1 aliphatic heterocycles. The lowest BCUT2D eigenvalue weighted by molar-refractivity contribution is -0.0905. The number of hydrogen-bond acceptors (Lipinski definition) is 1. The number of ether oxygens (including phenoxy) is 1. The Hall–Kier alpha value is -0.300. The molecule has 0 aromatic rings. The zero-order valence-corrected chi connectivity index (χ0v) is 6.24. The summed E-state index contributed by atoms with van der Waals surface area (Å²) in [7, 11) is 0. The molecule has 0 aromatic carbocycles. The molecule has 52 valence electrons. The Kier molecular flexibility index (Phi) is 1.62. The highest BCUT2D eigenvalue weighted by Gasteiger charge is 2.37. The van der Waals surface area contributed by atoms with E-state index in [1.54, 1.807) is 0 Å². The largest absolute Gasteiger partial charge is 0.379 e. The van der Waals surface area contributed by atoms with Crippen LogP contribution in [0.2, 0.25) is 0 Å². The minimum absolute atomic E-state index is 0.347. The van der Waals surface area contributed by atoms with Crippen LogP contribution in [0, 0.1) is 5.41 Å². The van der Waals surface area contributed by atoms with E-state index in [0.29, 0.717) is 5.41 Å². The smallest absolute Gasteiger partial charge is 0.0582 e. The second-order valence-electron chi connectivity index (χ2n) is 2.91. The van der Waals surface area contributed by atoms with Gasteiger partial charge in [-0.25, -0.2) is 0 Å². The van der Waals surface area contributed by atoms with Crippen molar-refractivity contribution in [1.82, 2.24) is 0 Å². The first-order valence-corrected chi connectivity index (χ1v) is 3.45. The lowest BCUT2D eigenvalue weighted by Crippen LogP contribution is -2.42. The van der Waals surface area contributed by atoms with Gasteiger partial charge in [0.1, 0.15) is 0 Å². The Balaban J connectivity index is 2.57. The summed E-state index contributed by atoms with van der Waals surface area (Å²) in [6, 6.07) is 0.